The molecule has 0 fully saturated rings. The first-order chi connectivity index (χ1) is 9.63. The largest absolute Gasteiger partial charge is 0.497 e. The van der Waals surface area contributed by atoms with Crippen LogP contribution < -0.4 is 10.1 Å². The molecular weight excluding hydrogens is 268 g/mol. The molecule has 1 heterocycles. The van der Waals surface area contributed by atoms with Gasteiger partial charge in [-0.15, -0.1) is 11.3 Å². The molecular formula is C16H22N2OS. The molecule has 0 radical (unpaired) electrons. The molecule has 0 aliphatic carbocycles. The Bertz CT molecular complexity index is 548. The SMILES string of the molecule is CCNC(C)c1sc(Cc2ccc(OC)cc2)nc1C. The standard InChI is InChI=1S/C16H22N2OS/c1-5-17-11(2)16-12(3)18-15(20-16)10-13-6-8-14(19-4)9-7-13/h6-9,11,17H,5,10H2,1-4H3. The highest BCUT2D eigenvalue weighted by molar-refractivity contribution is 7.11. The van der Waals surface area contributed by atoms with Crippen LogP contribution in [0.25, 0.3) is 0 Å². The molecule has 0 saturated heterocycles. The Morgan fingerprint density at radius 1 is 1.30 bits per heavy atom. The van der Waals surface area contributed by atoms with Gasteiger partial charge in [0.1, 0.15) is 5.75 Å². The smallest absolute Gasteiger partial charge is 0.118 e. The monoisotopic (exact) mass is 290 g/mol. The normalized spacial score (nSPS) is 12.4. The van der Waals surface area contributed by atoms with Crippen molar-refractivity contribution in [3.05, 3.63) is 45.4 Å². The number of aryl methyl sites for hydroxylation is 1. The van der Waals surface area contributed by atoms with Gasteiger partial charge >= 0.3 is 0 Å². The second-order valence-electron chi connectivity index (χ2n) is 4.86. The van der Waals surface area contributed by atoms with Crippen molar-refractivity contribution in [1.29, 1.82) is 0 Å². The van der Waals surface area contributed by atoms with E-state index in [-0.39, 0.29) is 0 Å². The van der Waals surface area contributed by atoms with Gasteiger partial charge in [-0.2, -0.15) is 0 Å². The zero-order valence-corrected chi connectivity index (χ0v) is 13.4. The summed E-state index contributed by atoms with van der Waals surface area (Å²) >= 11 is 1.81. The summed E-state index contributed by atoms with van der Waals surface area (Å²) in [6.07, 6.45) is 0.883. The van der Waals surface area contributed by atoms with Crippen molar-refractivity contribution in [2.75, 3.05) is 13.7 Å². The molecule has 4 heteroatoms. The van der Waals surface area contributed by atoms with Crippen molar-refractivity contribution in [2.45, 2.75) is 33.2 Å². The first-order valence-electron chi connectivity index (χ1n) is 6.96. The maximum absolute atomic E-state index is 5.18. The Kier molecular flexibility index (Phi) is 5.15. The van der Waals surface area contributed by atoms with E-state index in [2.05, 4.69) is 38.2 Å². The molecule has 20 heavy (non-hydrogen) atoms. The van der Waals surface area contributed by atoms with Gasteiger partial charge in [-0.1, -0.05) is 19.1 Å². The third-order valence-electron chi connectivity index (χ3n) is 3.29. The van der Waals surface area contributed by atoms with E-state index in [4.69, 9.17) is 9.72 Å². The highest BCUT2D eigenvalue weighted by Crippen LogP contribution is 2.26. The van der Waals surface area contributed by atoms with Crippen LogP contribution in [0.2, 0.25) is 0 Å². The number of nitrogens with zero attached hydrogens (tertiary/aromatic N) is 1. The fourth-order valence-corrected chi connectivity index (χ4v) is 3.39. The molecule has 108 valence electrons. The van der Waals surface area contributed by atoms with E-state index in [1.54, 1.807) is 7.11 Å². The lowest BCUT2D eigenvalue weighted by Crippen LogP contribution is -2.17. The van der Waals surface area contributed by atoms with Gasteiger partial charge in [-0.05, 0) is 38.1 Å². The van der Waals surface area contributed by atoms with Crippen molar-refractivity contribution in [3.63, 3.8) is 0 Å². The number of ether oxygens (including phenoxy) is 1. The predicted molar refractivity (Wildman–Crippen MR) is 84.7 cm³/mol. The molecule has 0 amide bonds. The topological polar surface area (TPSA) is 34.1 Å². The fourth-order valence-electron chi connectivity index (χ4n) is 2.26. The second kappa shape index (κ2) is 6.86. The van der Waals surface area contributed by atoms with Crippen LogP contribution in [0.1, 0.15) is 41.0 Å². The third-order valence-corrected chi connectivity index (χ3v) is 4.63. The summed E-state index contributed by atoms with van der Waals surface area (Å²) in [6, 6.07) is 8.57. The van der Waals surface area contributed by atoms with Crippen LogP contribution in [0.15, 0.2) is 24.3 Å². The van der Waals surface area contributed by atoms with Gasteiger partial charge in [-0.25, -0.2) is 4.98 Å². The van der Waals surface area contributed by atoms with Crippen molar-refractivity contribution < 1.29 is 4.74 Å². The summed E-state index contributed by atoms with van der Waals surface area (Å²) in [5.74, 6) is 0.894. The van der Waals surface area contributed by atoms with E-state index < -0.39 is 0 Å². The van der Waals surface area contributed by atoms with E-state index in [0.717, 1.165) is 24.4 Å². The van der Waals surface area contributed by atoms with Crippen molar-refractivity contribution in [3.8, 4) is 5.75 Å². The Hall–Kier alpha value is -1.39. The quantitative estimate of drug-likeness (QED) is 0.880. The van der Waals surface area contributed by atoms with Gasteiger partial charge in [-0.3, -0.25) is 0 Å². The maximum atomic E-state index is 5.18. The maximum Gasteiger partial charge on any atom is 0.118 e. The summed E-state index contributed by atoms with van der Waals surface area (Å²) in [7, 11) is 1.69. The Balaban J connectivity index is 2.11. The Labute approximate surface area is 125 Å². The molecule has 1 aromatic heterocycles. The van der Waals surface area contributed by atoms with Crippen LogP contribution >= 0.6 is 11.3 Å². The van der Waals surface area contributed by atoms with Gasteiger partial charge in [0, 0.05) is 17.3 Å². The second-order valence-corrected chi connectivity index (χ2v) is 5.98. The van der Waals surface area contributed by atoms with E-state index in [1.807, 2.05) is 23.5 Å². The molecule has 3 nitrogen and oxygen atoms in total. The highest BCUT2D eigenvalue weighted by Gasteiger charge is 2.13. The van der Waals surface area contributed by atoms with Crippen molar-refractivity contribution in [2.24, 2.45) is 0 Å². The zero-order chi connectivity index (χ0) is 14.5. The molecule has 1 N–H and O–H groups in total. The number of thiazole rings is 1. The molecule has 0 aliphatic rings. The van der Waals surface area contributed by atoms with Gasteiger partial charge < -0.3 is 10.1 Å². The van der Waals surface area contributed by atoms with Crippen LogP contribution in [-0.4, -0.2) is 18.6 Å². The number of rotatable bonds is 6. The molecule has 2 aromatic rings. The first kappa shape index (κ1) is 15.0. The van der Waals surface area contributed by atoms with Crippen LogP contribution in [0.4, 0.5) is 0 Å². The van der Waals surface area contributed by atoms with Crippen LogP contribution in [0, 0.1) is 6.92 Å². The van der Waals surface area contributed by atoms with E-state index >= 15 is 0 Å². The number of methoxy groups -OCH3 is 1. The first-order valence-corrected chi connectivity index (χ1v) is 7.78. The predicted octanol–water partition coefficient (Wildman–Crippen LogP) is 3.72. The summed E-state index contributed by atoms with van der Waals surface area (Å²) in [6.45, 7) is 7.40. The number of nitrogens with one attached hydrogen (secondary N) is 1. The van der Waals surface area contributed by atoms with E-state index in [9.17, 15) is 0 Å². The van der Waals surface area contributed by atoms with Gasteiger partial charge in [0.05, 0.1) is 17.8 Å². The molecule has 1 atom stereocenters. The van der Waals surface area contributed by atoms with Crippen LogP contribution in [0.3, 0.4) is 0 Å². The van der Waals surface area contributed by atoms with Crippen molar-refractivity contribution >= 4 is 11.3 Å². The lowest BCUT2D eigenvalue weighted by molar-refractivity contribution is 0.414. The van der Waals surface area contributed by atoms with Gasteiger partial charge in [0.2, 0.25) is 0 Å². The van der Waals surface area contributed by atoms with E-state index in [0.29, 0.717) is 6.04 Å². The average Bonchev–Trinajstić information content (AvgIpc) is 2.81. The average molecular weight is 290 g/mol. The minimum atomic E-state index is 0.377. The lowest BCUT2D eigenvalue weighted by Gasteiger charge is -2.09. The number of hydrogen-bond acceptors (Lipinski definition) is 4. The Morgan fingerprint density at radius 2 is 2.00 bits per heavy atom. The number of benzene rings is 1. The van der Waals surface area contributed by atoms with Gasteiger partial charge in [0.15, 0.2) is 0 Å². The third kappa shape index (κ3) is 3.58. The molecule has 1 aromatic carbocycles. The minimum Gasteiger partial charge on any atom is -0.497 e. The minimum absolute atomic E-state index is 0.377. The summed E-state index contributed by atoms with van der Waals surface area (Å²) in [5, 5.41) is 4.62. The number of hydrogen-bond donors (Lipinski definition) is 1. The van der Waals surface area contributed by atoms with Crippen molar-refractivity contribution in [1.82, 2.24) is 10.3 Å². The molecule has 0 saturated carbocycles. The Morgan fingerprint density at radius 3 is 2.60 bits per heavy atom. The van der Waals surface area contributed by atoms with Crippen LogP contribution in [-0.2, 0) is 6.42 Å². The summed E-state index contributed by atoms with van der Waals surface area (Å²) < 4.78 is 5.18. The molecule has 2 rings (SSSR count). The fraction of sp³-hybridized carbons (Fsp3) is 0.438. The molecule has 0 aliphatic heterocycles. The lowest BCUT2D eigenvalue weighted by atomic mass is 10.1. The summed E-state index contributed by atoms with van der Waals surface area (Å²) in [5.41, 5.74) is 2.41. The zero-order valence-electron chi connectivity index (χ0n) is 12.6. The van der Waals surface area contributed by atoms with E-state index in [1.165, 1.54) is 15.4 Å². The van der Waals surface area contributed by atoms with Gasteiger partial charge in [0.25, 0.3) is 0 Å². The van der Waals surface area contributed by atoms with Crippen LogP contribution in [0.5, 0.6) is 5.75 Å². The highest BCUT2D eigenvalue weighted by atomic mass is 32.1. The summed E-state index contributed by atoms with van der Waals surface area (Å²) in [4.78, 5) is 6.04. The molecule has 1 unspecified atom stereocenters. The number of aromatic nitrogens is 1. The molecule has 0 spiro atoms. The molecule has 0 bridgehead atoms.